The molecule has 5 nitrogen and oxygen atoms in total. The van der Waals surface area contributed by atoms with E-state index in [-0.39, 0.29) is 28.6 Å². The third-order valence-electron chi connectivity index (χ3n) is 3.90. The number of thioether (sulfide) groups is 1. The molecule has 1 unspecified atom stereocenters. The molecule has 0 aliphatic rings. The first-order chi connectivity index (χ1) is 13.9. The summed E-state index contributed by atoms with van der Waals surface area (Å²) in [5.41, 5.74) is -2.79. The third kappa shape index (κ3) is 6.79. The lowest BCUT2D eigenvalue weighted by Gasteiger charge is -2.18. The number of rotatable bonds is 7. The van der Waals surface area contributed by atoms with Gasteiger partial charge in [-0.2, -0.15) is 18.3 Å². The quantitative estimate of drug-likeness (QED) is 0.455. The van der Waals surface area contributed by atoms with Gasteiger partial charge in [0.05, 0.1) is 12.6 Å². The summed E-state index contributed by atoms with van der Waals surface area (Å²) in [7, 11) is 0. The van der Waals surface area contributed by atoms with Crippen LogP contribution in [0.2, 0.25) is 0 Å². The van der Waals surface area contributed by atoms with Gasteiger partial charge in [0.1, 0.15) is 12.7 Å². The second-order valence-electron chi connectivity index (χ2n) is 6.04. The number of hydrogen-bond acceptors (Lipinski definition) is 4. The number of nitrogens with one attached hydrogen (secondary N) is 1. The minimum absolute atomic E-state index is 0.0936. The van der Waals surface area contributed by atoms with E-state index in [4.69, 9.17) is 0 Å². The van der Waals surface area contributed by atoms with Gasteiger partial charge in [-0.25, -0.2) is 4.98 Å². The Hall–Kier alpha value is -3.07. The van der Waals surface area contributed by atoms with Gasteiger partial charge in [0.25, 0.3) is 0 Å². The summed E-state index contributed by atoms with van der Waals surface area (Å²) in [6.07, 6.45) is 5.89. The van der Waals surface area contributed by atoms with Gasteiger partial charge in [0.15, 0.2) is 0 Å². The summed E-state index contributed by atoms with van der Waals surface area (Å²) in [6, 6.07) is 14.9. The van der Waals surface area contributed by atoms with E-state index < -0.39 is 5.51 Å². The number of alkyl halides is 3. The molecule has 150 valence electrons. The van der Waals surface area contributed by atoms with E-state index in [0.717, 1.165) is 5.56 Å². The topological polar surface area (TPSA) is 59.8 Å². The van der Waals surface area contributed by atoms with Gasteiger partial charge in [-0.15, -0.1) is 0 Å². The molecule has 0 fully saturated rings. The van der Waals surface area contributed by atoms with Crippen LogP contribution < -0.4 is 5.32 Å². The van der Waals surface area contributed by atoms with Crippen LogP contribution in [0.4, 0.5) is 13.2 Å². The zero-order valence-corrected chi connectivity index (χ0v) is 15.9. The van der Waals surface area contributed by atoms with E-state index in [0.29, 0.717) is 12.1 Å². The summed E-state index contributed by atoms with van der Waals surface area (Å²) in [5.74, 6) is -0.326. The number of benzene rings is 2. The number of carbonyl (C=O) groups is 1. The van der Waals surface area contributed by atoms with Crippen LogP contribution in [0, 0.1) is 0 Å². The van der Waals surface area contributed by atoms with Gasteiger partial charge in [0.2, 0.25) is 5.91 Å². The highest BCUT2D eigenvalue weighted by Gasteiger charge is 2.28. The molecule has 1 amide bonds. The van der Waals surface area contributed by atoms with E-state index >= 15 is 0 Å². The maximum absolute atomic E-state index is 12.4. The highest BCUT2D eigenvalue weighted by Crippen LogP contribution is 2.36. The molecule has 3 aromatic rings. The predicted octanol–water partition coefficient (Wildman–Crippen LogP) is 4.46. The maximum Gasteiger partial charge on any atom is 0.446 e. The summed E-state index contributed by atoms with van der Waals surface area (Å²) in [4.78, 5) is 16.4. The summed E-state index contributed by atoms with van der Waals surface area (Å²) < 4.78 is 38.8. The molecule has 0 spiro atoms. The average Bonchev–Trinajstić information content (AvgIpc) is 3.20. The van der Waals surface area contributed by atoms with Crippen LogP contribution in [0.25, 0.3) is 6.08 Å². The van der Waals surface area contributed by atoms with Gasteiger partial charge in [0, 0.05) is 11.0 Å². The van der Waals surface area contributed by atoms with Crippen molar-refractivity contribution in [1.82, 2.24) is 20.1 Å². The molecule has 0 bridgehead atoms. The third-order valence-corrected chi connectivity index (χ3v) is 4.63. The molecule has 2 aromatic carbocycles. The van der Waals surface area contributed by atoms with Crippen LogP contribution in [-0.2, 0) is 11.3 Å². The summed E-state index contributed by atoms with van der Waals surface area (Å²) in [5, 5.41) is 6.99. The Bertz CT molecular complexity index is 942. The van der Waals surface area contributed by atoms with Crippen molar-refractivity contribution in [1.29, 1.82) is 0 Å². The first-order valence-electron chi connectivity index (χ1n) is 8.61. The molecule has 9 heteroatoms. The normalized spacial score (nSPS) is 12.8. The van der Waals surface area contributed by atoms with Crippen molar-refractivity contribution >= 4 is 23.7 Å². The average molecular weight is 418 g/mol. The van der Waals surface area contributed by atoms with Crippen molar-refractivity contribution in [3.63, 3.8) is 0 Å². The lowest BCUT2D eigenvalue weighted by Crippen LogP contribution is -2.30. The van der Waals surface area contributed by atoms with Gasteiger partial charge >= 0.3 is 5.51 Å². The standard InChI is InChI=1S/C20H17F3N4OS/c21-20(22,23)29-17-9-6-15(7-10-17)8-11-19(28)26-18(12-27-14-24-13-25-27)16-4-2-1-3-5-16/h1-11,13-14,18H,12H2,(H,26,28)/b11-8+. The van der Waals surface area contributed by atoms with Crippen molar-refractivity contribution in [3.05, 3.63) is 84.5 Å². The van der Waals surface area contributed by atoms with Gasteiger partial charge in [-0.05, 0) is 41.1 Å². The van der Waals surface area contributed by atoms with Crippen LogP contribution in [0.15, 0.2) is 78.2 Å². The highest BCUT2D eigenvalue weighted by molar-refractivity contribution is 8.00. The lowest BCUT2D eigenvalue weighted by atomic mass is 10.1. The van der Waals surface area contributed by atoms with Crippen molar-refractivity contribution in [2.45, 2.75) is 23.0 Å². The van der Waals surface area contributed by atoms with Crippen molar-refractivity contribution in [3.8, 4) is 0 Å². The monoisotopic (exact) mass is 418 g/mol. The van der Waals surface area contributed by atoms with E-state index in [1.165, 1.54) is 36.7 Å². The van der Waals surface area contributed by atoms with Crippen LogP contribution in [0.1, 0.15) is 17.2 Å². The zero-order valence-electron chi connectivity index (χ0n) is 15.1. The molecule has 1 atom stereocenters. The Labute approximate surface area is 169 Å². The Morgan fingerprint density at radius 2 is 1.86 bits per heavy atom. The van der Waals surface area contributed by atoms with Crippen molar-refractivity contribution in [2.75, 3.05) is 0 Å². The van der Waals surface area contributed by atoms with E-state index in [1.807, 2.05) is 30.3 Å². The Morgan fingerprint density at radius 3 is 2.48 bits per heavy atom. The first-order valence-corrected chi connectivity index (χ1v) is 9.42. The van der Waals surface area contributed by atoms with Crippen molar-refractivity contribution < 1.29 is 18.0 Å². The number of nitrogens with zero attached hydrogens (tertiary/aromatic N) is 3. The summed E-state index contributed by atoms with van der Waals surface area (Å²) >= 11 is -0.175. The Morgan fingerprint density at radius 1 is 1.14 bits per heavy atom. The van der Waals surface area contributed by atoms with E-state index in [2.05, 4.69) is 15.4 Å². The fourth-order valence-electron chi connectivity index (χ4n) is 2.61. The van der Waals surface area contributed by atoms with E-state index in [1.54, 1.807) is 17.1 Å². The number of amides is 1. The second-order valence-corrected chi connectivity index (χ2v) is 7.18. The molecule has 0 aliphatic heterocycles. The van der Waals surface area contributed by atoms with Crippen LogP contribution in [0.5, 0.6) is 0 Å². The van der Waals surface area contributed by atoms with Crippen LogP contribution in [0.3, 0.4) is 0 Å². The molecule has 0 saturated carbocycles. The molecule has 1 N–H and O–H groups in total. The van der Waals surface area contributed by atoms with Gasteiger partial charge in [-0.1, -0.05) is 42.5 Å². The first kappa shape index (κ1) is 20.7. The lowest BCUT2D eigenvalue weighted by molar-refractivity contribution is -0.117. The number of hydrogen-bond donors (Lipinski definition) is 1. The van der Waals surface area contributed by atoms with E-state index in [9.17, 15) is 18.0 Å². The number of carbonyl (C=O) groups excluding carboxylic acids is 1. The molecule has 1 heterocycles. The molecule has 3 rings (SSSR count). The molecule has 0 aliphatic carbocycles. The maximum atomic E-state index is 12.4. The Kier molecular flexibility index (Phi) is 6.71. The minimum atomic E-state index is -4.33. The number of halogens is 3. The fraction of sp³-hybridized carbons (Fsp3) is 0.150. The molecule has 1 aromatic heterocycles. The Balaban J connectivity index is 1.65. The fourth-order valence-corrected chi connectivity index (χ4v) is 3.15. The van der Waals surface area contributed by atoms with Gasteiger partial charge in [-0.3, -0.25) is 9.48 Å². The SMILES string of the molecule is O=C(/C=C/c1ccc(SC(F)(F)F)cc1)NC(Cn1cncn1)c1ccccc1. The largest absolute Gasteiger partial charge is 0.446 e. The van der Waals surface area contributed by atoms with Crippen LogP contribution >= 0.6 is 11.8 Å². The van der Waals surface area contributed by atoms with Crippen molar-refractivity contribution in [2.24, 2.45) is 0 Å². The molecule has 0 radical (unpaired) electrons. The summed E-state index contributed by atoms with van der Waals surface area (Å²) in [6.45, 7) is 0.410. The van der Waals surface area contributed by atoms with Crippen LogP contribution in [-0.4, -0.2) is 26.2 Å². The molecular weight excluding hydrogens is 401 g/mol. The van der Waals surface area contributed by atoms with Gasteiger partial charge < -0.3 is 5.32 Å². The predicted molar refractivity (Wildman–Crippen MR) is 105 cm³/mol. The molecular formula is C20H17F3N4OS. The zero-order chi connectivity index (χ0) is 20.7. The number of aromatic nitrogens is 3. The molecule has 29 heavy (non-hydrogen) atoms. The molecule has 0 saturated heterocycles. The smallest absolute Gasteiger partial charge is 0.344 e. The minimum Gasteiger partial charge on any atom is -0.344 e. The second kappa shape index (κ2) is 9.42. The highest BCUT2D eigenvalue weighted by atomic mass is 32.2.